The number of aliphatic hydroxyl groups excluding tert-OH is 1. The maximum absolute atomic E-state index is 15.5. The molecule has 2 aromatic rings. The molecule has 0 aromatic heterocycles. The van der Waals surface area contributed by atoms with Gasteiger partial charge in [0.15, 0.2) is 0 Å². The average Bonchev–Trinajstić information content (AvgIpc) is 3.86. The first-order valence-electron chi connectivity index (χ1n) is 18.7. The molecule has 12 rings (SSSR count). The lowest BCUT2D eigenvalue weighted by Gasteiger charge is -2.57. The van der Waals surface area contributed by atoms with Gasteiger partial charge in [0.25, 0.3) is 11.8 Å². The Balaban J connectivity index is 1.07. The summed E-state index contributed by atoms with van der Waals surface area (Å²) in [5.74, 6) is 1.49. The predicted molar refractivity (Wildman–Crippen MR) is 187 cm³/mol. The van der Waals surface area contributed by atoms with Crippen molar-refractivity contribution in [3.63, 3.8) is 0 Å². The lowest BCUT2D eigenvalue weighted by Crippen LogP contribution is -2.66. The average molecular weight is 651 g/mol. The maximum Gasteiger partial charge on any atom is 0.255 e. The highest BCUT2D eigenvalue weighted by Crippen LogP contribution is 2.68. The number of nitrogens with zero attached hydrogens (tertiary/aromatic N) is 4. The Morgan fingerprint density at radius 2 is 1.57 bits per heavy atom. The molecule has 0 unspecified atom stereocenters. The molecule has 2 spiro atoms. The van der Waals surface area contributed by atoms with Gasteiger partial charge < -0.3 is 14.9 Å². The largest absolute Gasteiger partial charge is 0.392 e. The summed E-state index contributed by atoms with van der Waals surface area (Å²) in [5, 5.41) is 10.2. The third-order valence-electron chi connectivity index (χ3n) is 15.7. The second-order valence-electron chi connectivity index (χ2n) is 16.7. The zero-order chi connectivity index (χ0) is 32.6. The Morgan fingerprint density at radius 3 is 2.37 bits per heavy atom. The van der Waals surface area contributed by atoms with Crippen LogP contribution in [0.1, 0.15) is 43.7 Å². The van der Waals surface area contributed by atoms with Gasteiger partial charge >= 0.3 is 0 Å². The zero-order valence-electron chi connectivity index (χ0n) is 27.9. The molecule has 8 aliphatic heterocycles. The predicted octanol–water partition coefficient (Wildman–Crippen LogP) is 4.48. The first-order valence-corrected chi connectivity index (χ1v) is 18.7. The Bertz CT molecular complexity index is 2030. The van der Waals surface area contributed by atoms with E-state index >= 15 is 4.79 Å². The molecule has 49 heavy (non-hydrogen) atoms. The number of aliphatic hydroxyl groups is 1. The molecule has 10 aliphatic rings. The number of hydrogen-bond acceptors (Lipinski definition) is 5. The Hall–Kier alpha value is -3.78. The first kappa shape index (κ1) is 28.0. The molecule has 4 bridgehead atoms. The highest BCUT2D eigenvalue weighted by atomic mass is 16.2. The van der Waals surface area contributed by atoms with Gasteiger partial charge in [-0.2, -0.15) is 0 Å². The van der Waals surface area contributed by atoms with E-state index in [1.807, 2.05) is 6.08 Å². The fourth-order valence-electron chi connectivity index (χ4n) is 14.2. The van der Waals surface area contributed by atoms with E-state index in [4.69, 9.17) is 0 Å². The summed E-state index contributed by atoms with van der Waals surface area (Å²) >= 11 is 0. The van der Waals surface area contributed by atoms with E-state index in [-0.39, 0.29) is 65.3 Å². The number of amides is 2. The minimum Gasteiger partial charge on any atom is -0.392 e. The van der Waals surface area contributed by atoms with Gasteiger partial charge in [-0.15, -0.1) is 0 Å². The molecule has 1 N–H and O–H groups in total. The third-order valence-corrected chi connectivity index (χ3v) is 15.7. The molecule has 2 amide bonds. The maximum atomic E-state index is 15.5. The molecule has 11 atom stereocenters. The molecule has 7 heteroatoms. The monoisotopic (exact) mass is 650 g/mol. The molecule has 0 radical (unpaired) electrons. The van der Waals surface area contributed by atoms with E-state index in [9.17, 15) is 9.90 Å². The van der Waals surface area contributed by atoms with Gasteiger partial charge in [-0.05, 0) is 80.3 Å². The smallest absolute Gasteiger partial charge is 0.255 e. The van der Waals surface area contributed by atoms with Gasteiger partial charge in [0.1, 0.15) is 0 Å². The van der Waals surface area contributed by atoms with Crippen LogP contribution in [-0.2, 0) is 20.4 Å². The van der Waals surface area contributed by atoms with Gasteiger partial charge in [0, 0.05) is 70.8 Å². The van der Waals surface area contributed by atoms with E-state index in [0.29, 0.717) is 17.9 Å². The van der Waals surface area contributed by atoms with Crippen LogP contribution in [0.3, 0.4) is 0 Å². The summed E-state index contributed by atoms with van der Waals surface area (Å²) in [6.07, 6.45) is 15.0. The number of carbonyl (C=O) groups is 2. The summed E-state index contributed by atoms with van der Waals surface area (Å²) < 4.78 is 0. The number of hydrogen-bond donors (Lipinski definition) is 1. The lowest BCUT2D eigenvalue weighted by atomic mass is 9.54. The molecule has 248 valence electrons. The third kappa shape index (κ3) is 2.96. The number of anilines is 2. The van der Waals surface area contributed by atoms with Crippen molar-refractivity contribution in [2.24, 2.45) is 23.7 Å². The number of fused-ring (bicyclic) bond motifs is 8. The molecule has 7 nitrogen and oxygen atoms in total. The second kappa shape index (κ2) is 9.11. The topological polar surface area (TPSA) is 67.3 Å². The van der Waals surface area contributed by atoms with Crippen LogP contribution in [-0.4, -0.2) is 83.2 Å². The standard InChI is InChI=1S/C42H42N4O3/c1-2-23-22-44-34(20-42-31-8-4-5-9-32(31)45-37(48)12-11-25(38(42)45)26(23)19-36(42)44)29-17-28-27-18-35-41(14-15-43(35)21-24(27)13-16-47)30-7-3-6-10-33(30)46(39(28)41)40(29)49/h2-13,17,25-28,34-36,38-39,47H,14-16,18-22H2,1H3/b23-2+,24-13+/t25-,26-,27-,28-,34+,35-,36-,38-,39-,41+,42+/m0/s1. The van der Waals surface area contributed by atoms with Gasteiger partial charge in [0.2, 0.25) is 0 Å². The van der Waals surface area contributed by atoms with Crippen molar-refractivity contribution in [2.45, 2.75) is 73.6 Å². The van der Waals surface area contributed by atoms with Gasteiger partial charge in [-0.25, -0.2) is 0 Å². The first-order chi connectivity index (χ1) is 24.0. The van der Waals surface area contributed by atoms with Crippen molar-refractivity contribution >= 4 is 23.2 Å². The van der Waals surface area contributed by atoms with E-state index in [1.54, 1.807) is 0 Å². The molecular weight excluding hydrogens is 608 g/mol. The molecular formula is C42H42N4O3. The minimum atomic E-state index is -0.222. The fraction of sp³-hybridized carbons (Fsp3) is 0.476. The van der Waals surface area contributed by atoms with Gasteiger partial charge in [-0.3, -0.25) is 19.4 Å². The summed E-state index contributed by atoms with van der Waals surface area (Å²) in [5.41, 5.74) is 8.39. The number of carbonyl (C=O) groups excluding carboxylic acids is 2. The summed E-state index contributed by atoms with van der Waals surface area (Å²) in [6, 6.07) is 18.3. The van der Waals surface area contributed by atoms with Crippen LogP contribution >= 0.6 is 0 Å². The van der Waals surface area contributed by atoms with Crippen molar-refractivity contribution < 1.29 is 14.7 Å². The minimum absolute atomic E-state index is 0.0301. The number of para-hydroxylation sites is 2. The quantitative estimate of drug-likeness (QED) is 0.486. The van der Waals surface area contributed by atoms with Crippen LogP contribution in [0.2, 0.25) is 0 Å². The number of allylic oxidation sites excluding steroid dienone is 1. The normalized spacial score (nSPS) is 44.8. The van der Waals surface area contributed by atoms with Crippen LogP contribution in [0.4, 0.5) is 11.4 Å². The molecule has 6 fully saturated rings. The SMILES string of the molecule is C/C=C1\CN2[C@@H](C3=C[C@@H]4[C@@H]5N(C3=O)c3ccccc3[C@@]53CCN5C/C(=C\CO)[C@@H]4C[C@H]53)C[C@]34c5ccccc5N5C(=O)C=C[C@H]([C@H]53)[C@H]1C[C@H]24. The summed E-state index contributed by atoms with van der Waals surface area (Å²) in [4.78, 5) is 39.0. The van der Waals surface area contributed by atoms with Crippen LogP contribution < -0.4 is 9.80 Å². The van der Waals surface area contributed by atoms with E-state index in [2.05, 4.69) is 99.4 Å². The summed E-state index contributed by atoms with van der Waals surface area (Å²) in [7, 11) is 0. The lowest BCUT2D eigenvalue weighted by molar-refractivity contribution is -0.118. The van der Waals surface area contributed by atoms with Crippen molar-refractivity contribution in [1.29, 1.82) is 0 Å². The van der Waals surface area contributed by atoms with Crippen molar-refractivity contribution in [3.8, 4) is 0 Å². The summed E-state index contributed by atoms with van der Waals surface area (Å²) in [6.45, 7) is 5.08. The molecule has 2 aliphatic carbocycles. The van der Waals surface area contributed by atoms with Crippen LogP contribution in [0.25, 0.3) is 0 Å². The van der Waals surface area contributed by atoms with Crippen LogP contribution in [0.15, 0.2) is 95.6 Å². The molecule has 2 saturated carbocycles. The highest BCUT2D eigenvalue weighted by molar-refractivity contribution is 6.10. The number of piperidine rings is 2. The van der Waals surface area contributed by atoms with Crippen LogP contribution in [0.5, 0.6) is 0 Å². The molecule has 2 aromatic carbocycles. The zero-order valence-corrected chi connectivity index (χ0v) is 27.9. The Kier molecular flexibility index (Phi) is 5.20. The van der Waals surface area contributed by atoms with Gasteiger partial charge in [0.05, 0.1) is 18.7 Å². The number of rotatable bonds is 2. The van der Waals surface area contributed by atoms with Crippen LogP contribution in [0, 0.1) is 23.7 Å². The van der Waals surface area contributed by atoms with Crippen molar-refractivity contribution in [3.05, 3.63) is 107 Å². The number of benzene rings is 2. The van der Waals surface area contributed by atoms with Crippen molar-refractivity contribution in [2.75, 3.05) is 36.0 Å². The molecule has 4 saturated heterocycles. The fourth-order valence-corrected chi connectivity index (χ4v) is 14.2. The Morgan fingerprint density at radius 1 is 0.857 bits per heavy atom. The Labute approximate surface area is 287 Å². The van der Waals surface area contributed by atoms with E-state index < -0.39 is 0 Å². The second-order valence-corrected chi connectivity index (χ2v) is 16.7. The van der Waals surface area contributed by atoms with E-state index in [0.717, 1.165) is 62.3 Å². The van der Waals surface area contributed by atoms with Gasteiger partial charge in [-0.1, -0.05) is 71.8 Å². The highest BCUT2D eigenvalue weighted by Gasteiger charge is 2.73. The van der Waals surface area contributed by atoms with E-state index in [1.165, 1.54) is 22.3 Å². The van der Waals surface area contributed by atoms with Crippen molar-refractivity contribution in [1.82, 2.24) is 9.80 Å². The molecule has 8 heterocycles.